The predicted octanol–water partition coefficient (Wildman–Crippen LogP) is 2.31. The molecule has 0 bridgehead atoms. The van der Waals surface area contributed by atoms with E-state index in [0.29, 0.717) is 12.8 Å². The van der Waals surface area contributed by atoms with E-state index in [1.54, 1.807) is 31.2 Å². The molecule has 9 heteroatoms. The van der Waals surface area contributed by atoms with Crippen LogP contribution in [0.1, 0.15) is 47.5 Å². The molecule has 0 unspecified atom stereocenters. The van der Waals surface area contributed by atoms with E-state index >= 15 is 0 Å². The fourth-order valence-electron chi connectivity index (χ4n) is 3.61. The van der Waals surface area contributed by atoms with Crippen molar-refractivity contribution in [2.45, 2.75) is 89.9 Å². The topological polar surface area (TPSA) is 157 Å². The number of rotatable bonds is 13. The van der Waals surface area contributed by atoms with Crippen LogP contribution >= 0.6 is 0 Å². The van der Waals surface area contributed by atoms with E-state index in [4.69, 9.17) is 14.6 Å². The first-order valence-electron chi connectivity index (χ1n) is 12.2. The van der Waals surface area contributed by atoms with Crippen molar-refractivity contribution in [1.82, 2.24) is 0 Å². The third-order valence-electron chi connectivity index (χ3n) is 5.67. The highest BCUT2D eigenvalue weighted by molar-refractivity contribution is 5.80. The number of aliphatic carboxylic acids is 1. The Morgan fingerprint density at radius 2 is 1.70 bits per heavy atom. The van der Waals surface area contributed by atoms with Crippen LogP contribution in [0, 0.1) is 0 Å². The summed E-state index contributed by atoms with van der Waals surface area (Å²) in [6, 6.07) is 0. The van der Waals surface area contributed by atoms with E-state index < -0.39 is 55.0 Å². The first-order chi connectivity index (χ1) is 17.3. The minimum atomic E-state index is -1.52. The van der Waals surface area contributed by atoms with E-state index in [-0.39, 0.29) is 0 Å². The second-order valence-electron chi connectivity index (χ2n) is 9.68. The van der Waals surface area contributed by atoms with Crippen LogP contribution in [0.2, 0.25) is 0 Å². The molecule has 1 rings (SSSR count). The molecule has 0 aromatic heterocycles. The van der Waals surface area contributed by atoms with Gasteiger partial charge in [0.05, 0.1) is 18.3 Å². The van der Waals surface area contributed by atoms with Crippen molar-refractivity contribution in [3.05, 3.63) is 71.4 Å². The number of carbonyl (C=O) groups is 1. The summed E-state index contributed by atoms with van der Waals surface area (Å²) in [5.41, 5.74) is 1.55. The van der Waals surface area contributed by atoms with Crippen LogP contribution in [0.3, 0.4) is 0 Å². The van der Waals surface area contributed by atoms with Crippen LogP contribution in [0.15, 0.2) is 71.4 Å². The second-order valence-corrected chi connectivity index (χ2v) is 9.68. The van der Waals surface area contributed by atoms with Gasteiger partial charge in [-0.3, -0.25) is 0 Å². The maximum atomic E-state index is 10.6. The maximum Gasteiger partial charge on any atom is 0.328 e. The van der Waals surface area contributed by atoms with Crippen LogP contribution in [0.5, 0.6) is 0 Å². The summed E-state index contributed by atoms with van der Waals surface area (Å²) in [6.45, 7) is 8.70. The molecular weight excluding hydrogens is 480 g/mol. The SMILES string of the molecule is CC(C)=CC[C@H](O[C@H]1O[C@H](CO)[C@@H](O)[C@H](O)[C@H]1O)/C(C)=C/C=C/C(C)=C/[C@@](C)(O)C/C=C/C=C/C(=O)O. The molecule has 1 aliphatic heterocycles. The van der Waals surface area contributed by atoms with Gasteiger partial charge in [-0.2, -0.15) is 0 Å². The van der Waals surface area contributed by atoms with E-state index in [1.807, 2.05) is 45.9 Å². The third-order valence-corrected chi connectivity index (χ3v) is 5.67. The highest BCUT2D eigenvalue weighted by Crippen LogP contribution is 2.26. The molecule has 208 valence electrons. The fourth-order valence-corrected chi connectivity index (χ4v) is 3.61. The normalized spacial score (nSPS) is 28.1. The van der Waals surface area contributed by atoms with Gasteiger partial charge in [0.25, 0.3) is 0 Å². The first-order valence-corrected chi connectivity index (χ1v) is 12.2. The third kappa shape index (κ3) is 12.1. The number of aliphatic hydroxyl groups is 5. The summed E-state index contributed by atoms with van der Waals surface area (Å²) in [4.78, 5) is 10.5. The summed E-state index contributed by atoms with van der Waals surface area (Å²) < 4.78 is 11.5. The Hall–Kier alpha value is -2.37. The minimum Gasteiger partial charge on any atom is -0.478 e. The van der Waals surface area contributed by atoms with Crippen LogP contribution < -0.4 is 0 Å². The van der Waals surface area contributed by atoms with Crippen molar-refractivity contribution in [1.29, 1.82) is 0 Å². The molecule has 9 nitrogen and oxygen atoms in total. The van der Waals surface area contributed by atoms with E-state index in [2.05, 4.69) is 0 Å². The molecule has 37 heavy (non-hydrogen) atoms. The molecule has 1 saturated heterocycles. The van der Waals surface area contributed by atoms with E-state index in [1.165, 1.54) is 6.08 Å². The number of hydrogen-bond acceptors (Lipinski definition) is 8. The summed E-state index contributed by atoms with van der Waals surface area (Å²) in [7, 11) is 0. The molecule has 0 aromatic rings. The van der Waals surface area contributed by atoms with Gasteiger partial charge in [-0.1, -0.05) is 59.8 Å². The molecule has 0 spiro atoms. The molecule has 1 heterocycles. The van der Waals surface area contributed by atoms with Crippen molar-refractivity contribution >= 4 is 5.97 Å². The smallest absolute Gasteiger partial charge is 0.328 e. The molecule has 7 atom stereocenters. The number of allylic oxidation sites excluding steroid dienone is 7. The van der Waals surface area contributed by atoms with Gasteiger partial charge in [-0.05, 0) is 53.0 Å². The zero-order chi connectivity index (χ0) is 28.2. The van der Waals surface area contributed by atoms with E-state index in [9.17, 15) is 30.3 Å². The zero-order valence-corrected chi connectivity index (χ0v) is 22.2. The number of carboxylic acid groups (broad SMARTS) is 1. The Kier molecular flexibility index (Phi) is 13.9. The van der Waals surface area contributed by atoms with Crippen molar-refractivity contribution in [3.8, 4) is 0 Å². The largest absolute Gasteiger partial charge is 0.478 e. The molecule has 0 aromatic carbocycles. The predicted molar refractivity (Wildman–Crippen MR) is 140 cm³/mol. The summed E-state index contributed by atoms with van der Waals surface area (Å²) in [6.07, 6.45) is 8.25. The first kappa shape index (κ1) is 32.7. The highest BCUT2D eigenvalue weighted by atomic mass is 16.7. The van der Waals surface area contributed by atoms with Crippen LogP contribution in [-0.2, 0) is 14.3 Å². The van der Waals surface area contributed by atoms with Gasteiger partial charge >= 0.3 is 5.97 Å². The summed E-state index contributed by atoms with van der Waals surface area (Å²) >= 11 is 0. The molecule has 0 radical (unpaired) electrons. The molecule has 1 fully saturated rings. The van der Waals surface area contributed by atoms with Crippen LogP contribution in [0.4, 0.5) is 0 Å². The van der Waals surface area contributed by atoms with Crippen molar-refractivity contribution in [2.75, 3.05) is 6.61 Å². The monoisotopic (exact) mass is 522 g/mol. The fraction of sp³-hybridized carbons (Fsp3) is 0.536. The minimum absolute atomic E-state index is 0.300. The van der Waals surface area contributed by atoms with Crippen LogP contribution in [-0.4, -0.2) is 85.6 Å². The van der Waals surface area contributed by atoms with Gasteiger partial charge in [0, 0.05) is 6.08 Å². The lowest BCUT2D eigenvalue weighted by molar-refractivity contribution is -0.308. The Bertz CT molecular complexity index is 905. The second kappa shape index (κ2) is 15.8. The Morgan fingerprint density at radius 1 is 1.03 bits per heavy atom. The molecule has 6 N–H and O–H groups in total. The molecule has 1 aliphatic rings. The van der Waals surface area contributed by atoms with Crippen molar-refractivity contribution in [2.24, 2.45) is 0 Å². The molecule has 0 saturated carbocycles. The number of carboxylic acids is 1. The van der Waals surface area contributed by atoms with Gasteiger partial charge in [0.15, 0.2) is 6.29 Å². The molecule has 0 amide bonds. The Balaban J connectivity index is 2.95. The lowest BCUT2D eigenvalue weighted by atomic mass is 9.98. The lowest BCUT2D eigenvalue weighted by Gasteiger charge is -2.41. The standard InChI is InChI=1S/C28H42O9/c1-18(2)13-14-21(36-27-26(34)25(33)24(32)22(17-29)37-27)20(4)11-9-10-19(3)16-28(5,35)15-8-6-7-12-23(30)31/h6-13,16,21-22,24-27,29,32-35H,14-15,17H2,1-5H3,(H,30,31)/b8-6+,10-9+,12-7+,19-16+,20-11+/t21-,22+,24+,25-,26+,27-,28-/m0/s1. The number of aliphatic hydroxyl groups excluding tert-OH is 4. The summed E-state index contributed by atoms with van der Waals surface area (Å²) in [5, 5.41) is 59.0. The van der Waals surface area contributed by atoms with Gasteiger partial charge in [-0.25, -0.2) is 4.79 Å². The zero-order valence-electron chi connectivity index (χ0n) is 22.2. The van der Waals surface area contributed by atoms with Crippen molar-refractivity contribution < 1.29 is 44.9 Å². The average molecular weight is 523 g/mol. The number of hydrogen-bond donors (Lipinski definition) is 6. The van der Waals surface area contributed by atoms with Gasteiger partial charge in [0.2, 0.25) is 0 Å². The summed E-state index contributed by atoms with van der Waals surface area (Å²) in [5.74, 6) is -1.04. The van der Waals surface area contributed by atoms with Gasteiger partial charge in [0.1, 0.15) is 24.4 Å². The molecular formula is C28H42O9. The highest BCUT2D eigenvalue weighted by Gasteiger charge is 2.44. The number of ether oxygens (including phenoxy) is 2. The van der Waals surface area contributed by atoms with Gasteiger partial charge in [-0.15, -0.1) is 0 Å². The maximum absolute atomic E-state index is 10.6. The van der Waals surface area contributed by atoms with Crippen LogP contribution in [0.25, 0.3) is 0 Å². The lowest BCUT2D eigenvalue weighted by Crippen LogP contribution is -2.59. The van der Waals surface area contributed by atoms with Crippen molar-refractivity contribution in [3.63, 3.8) is 0 Å². The van der Waals surface area contributed by atoms with E-state index in [0.717, 1.165) is 22.8 Å². The Labute approximate surface area is 219 Å². The Morgan fingerprint density at radius 3 is 2.30 bits per heavy atom. The average Bonchev–Trinajstić information content (AvgIpc) is 2.80. The molecule has 0 aliphatic carbocycles. The quantitative estimate of drug-likeness (QED) is 0.121. The van der Waals surface area contributed by atoms with Gasteiger partial charge < -0.3 is 40.1 Å².